The summed E-state index contributed by atoms with van der Waals surface area (Å²) in [5, 5.41) is 31.4. The number of hydrogen-bond donors (Lipinski definition) is 3. The first-order valence-electron chi connectivity index (χ1n) is 10.6. The molecule has 0 saturated carbocycles. The van der Waals surface area contributed by atoms with Crippen LogP contribution in [0.4, 0.5) is 0 Å². The quantitative estimate of drug-likeness (QED) is 0.207. The van der Waals surface area contributed by atoms with Gasteiger partial charge >= 0.3 is 0 Å². The molecule has 0 spiro atoms. The van der Waals surface area contributed by atoms with E-state index >= 15 is 0 Å². The predicted molar refractivity (Wildman–Crippen MR) is 114 cm³/mol. The van der Waals surface area contributed by atoms with E-state index in [4.69, 9.17) is 9.47 Å². The van der Waals surface area contributed by atoms with Gasteiger partial charge in [-0.15, -0.1) is 11.8 Å². The van der Waals surface area contributed by atoms with Crippen LogP contribution in [0.15, 0.2) is 23.4 Å². The molecule has 0 aromatic carbocycles. The van der Waals surface area contributed by atoms with E-state index in [9.17, 15) is 24.9 Å². The van der Waals surface area contributed by atoms with E-state index < -0.39 is 30.3 Å². The lowest BCUT2D eigenvalue weighted by Gasteiger charge is -2.37. The van der Waals surface area contributed by atoms with Crippen LogP contribution >= 0.6 is 11.8 Å². The number of rotatable bonds is 10. The third kappa shape index (κ3) is 6.12. The molecule has 2 aliphatic rings. The van der Waals surface area contributed by atoms with Crippen molar-refractivity contribution in [1.82, 2.24) is 4.98 Å². The van der Waals surface area contributed by atoms with Crippen molar-refractivity contribution in [3.8, 4) is 0 Å². The Balaban J connectivity index is 1.46. The fourth-order valence-corrected chi connectivity index (χ4v) is 4.32. The van der Waals surface area contributed by atoms with Crippen molar-refractivity contribution in [1.29, 1.82) is 0 Å². The third-order valence-electron chi connectivity index (χ3n) is 6.22. The molecule has 1 aromatic rings. The van der Waals surface area contributed by atoms with Crippen LogP contribution < -0.4 is 0 Å². The first-order chi connectivity index (χ1) is 14.7. The van der Waals surface area contributed by atoms with E-state index in [1.807, 2.05) is 13.2 Å². The van der Waals surface area contributed by atoms with E-state index in [2.05, 4.69) is 4.98 Å². The summed E-state index contributed by atoms with van der Waals surface area (Å²) in [6.07, 6.45) is -0.129. The molecule has 9 heteroatoms. The Labute approximate surface area is 186 Å². The van der Waals surface area contributed by atoms with E-state index in [0.717, 1.165) is 5.03 Å². The fraction of sp³-hybridized carbons (Fsp3) is 0.682. The van der Waals surface area contributed by atoms with Gasteiger partial charge < -0.3 is 24.8 Å². The Kier molecular flexibility index (Phi) is 8.23. The highest BCUT2D eigenvalue weighted by Crippen LogP contribution is 2.37. The molecule has 3 rings (SSSR count). The number of aromatic nitrogens is 1. The minimum Gasteiger partial charge on any atom is -0.393 e. The van der Waals surface area contributed by atoms with Gasteiger partial charge in [0, 0.05) is 36.4 Å². The number of epoxide rings is 1. The largest absolute Gasteiger partial charge is 0.393 e. The second-order valence-electron chi connectivity index (χ2n) is 8.52. The van der Waals surface area contributed by atoms with Crippen LogP contribution in [0.3, 0.4) is 0 Å². The van der Waals surface area contributed by atoms with Crippen LogP contribution in [0.2, 0.25) is 0 Å². The van der Waals surface area contributed by atoms with Crippen LogP contribution in [-0.2, 0) is 14.3 Å². The average molecular weight is 454 g/mol. The van der Waals surface area contributed by atoms with Crippen LogP contribution in [0.1, 0.15) is 43.5 Å². The lowest BCUT2D eigenvalue weighted by molar-refractivity contribution is -0.170. The predicted octanol–water partition coefficient (Wildman–Crippen LogP) is 1.25. The summed E-state index contributed by atoms with van der Waals surface area (Å²) < 4.78 is 11.3. The maximum Gasteiger partial charge on any atom is 0.171 e. The van der Waals surface area contributed by atoms with Gasteiger partial charge in [0.2, 0.25) is 0 Å². The van der Waals surface area contributed by atoms with Crippen molar-refractivity contribution >= 4 is 23.3 Å². The molecule has 0 bridgehead atoms. The van der Waals surface area contributed by atoms with Crippen LogP contribution in [0, 0.1) is 11.8 Å². The van der Waals surface area contributed by atoms with E-state index in [1.54, 1.807) is 19.1 Å². The van der Waals surface area contributed by atoms with Crippen molar-refractivity contribution in [2.24, 2.45) is 11.8 Å². The number of aliphatic hydroxyl groups is 3. The number of ether oxygens (including phenoxy) is 2. The van der Waals surface area contributed by atoms with Gasteiger partial charge in [-0.1, -0.05) is 6.92 Å². The van der Waals surface area contributed by atoms with Gasteiger partial charge in [-0.2, -0.15) is 0 Å². The van der Waals surface area contributed by atoms with Gasteiger partial charge in [-0.3, -0.25) is 9.59 Å². The number of pyridine rings is 1. The standard InChI is InChI=1S/C22H31NO7S/c1-11(12(2)24)22-18(30-22)8-17-21(28)20(27)14(10-29-17)6-15(25)7-16(26)13-4-5-19(31-3)23-9-13/h4-5,9,11-12,14,17-18,20-22,24,27-28H,6-8,10H2,1-3H3/t11-,12-,14-,17-,18-,20+,21-,22-/m0/s1. The number of nitrogens with zero attached hydrogens (tertiary/aromatic N) is 1. The summed E-state index contributed by atoms with van der Waals surface area (Å²) in [5.41, 5.74) is 0.372. The Bertz CT molecular complexity index is 772. The zero-order chi connectivity index (χ0) is 22.7. The molecule has 31 heavy (non-hydrogen) atoms. The molecule has 0 unspecified atom stereocenters. The van der Waals surface area contributed by atoms with Gasteiger partial charge in [0.25, 0.3) is 0 Å². The minimum atomic E-state index is -1.14. The molecular formula is C22H31NO7S. The van der Waals surface area contributed by atoms with E-state index in [-0.39, 0.29) is 49.1 Å². The Morgan fingerprint density at radius 2 is 1.97 bits per heavy atom. The summed E-state index contributed by atoms with van der Waals surface area (Å²) in [6, 6.07) is 3.38. The Morgan fingerprint density at radius 3 is 2.58 bits per heavy atom. The number of carbonyl (C=O) groups excluding carboxylic acids is 2. The highest BCUT2D eigenvalue weighted by atomic mass is 32.2. The number of aliphatic hydroxyl groups excluding tert-OH is 3. The molecular weight excluding hydrogens is 422 g/mol. The third-order valence-corrected chi connectivity index (χ3v) is 6.88. The minimum absolute atomic E-state index is 0.0225. The zero-order valence-electron chi connectivity index (χ0n) is 18.0. The summed E-state index contributed by atoms with van der Waals surface area (Å²) >= 11 is 1.46. The molecule has 1 aromatic heterocycles. The highest BCUT2D eigenvalue weighted by molar-refractivity contribution is 7.98. The van der Waals surface area contributed by atoms with Gasteiger partial charge in [-0.25, -0.2) is 4.98 Å². The van der Waals surface area contributed by atoms with Crippen molar-refractivity contribution in [2.45, 2.75) is 74.8 Å². The molecule has 3 N–H and O–H groups in total. The number of thioether (sulfide) groups is 1. The van der Waals surface area contributed by atoms with E-state index in [0.29, 0.717) is 12.0 Å². The highest BCUT2D eigenvalue weighted by Gasteiger charge is 2.48. The Hall–Kier alpha value is -1.36. The number of ketones is 2. The molecule has 2 aliphatic heterocycles. The molecule has 2 fully saturated rings. The van der Waals surface area contributed by atoms with Crippen molar-refractivity contribution < 1.29 is 34.4 Å². The number of Topliss-reactive ketones (excluding diaryl/α,β-unsaturated/α-hetero) is 2. The van der Waals surface area contributed by atoms with Crippen LogP contribution in [-0.4, -0.2) is 81.4 Å². The first kappa shape index (κ1) is 24.3. The SMILES string of the molecule is CSc1ccc(C(=O)CC(=O)C[C@H]2CO[C@@H](C[C@@H]3O[C@H]3[C@@H](C)[C@H](C)O)[C@H](O)[C@@H]2O)cn1. The summed E-state index contributed by atoms with van der Waals surface area (Å²) in [4.78, 5) is 28.8. The maximum absolute atomic E-state index is 12.4. The molecule has 8 atom stereocenters. The molecule has 3 heterocycles. The second-order valence-corrected chi connectivity index (χ2v) is 9.35. The van der Waals surface area contributed by atoms with Crippen molar-refractivity contribution in [3.05, 3.63) is 23.9 Å². The summed E-state index contributed by atoms with van der Waals surface area (Å²) in [7, 11) is 0. The smallest absolute Gasteiger partial charge is 0.171 e. The zero-order valence-corrected chi connectivity index (χ0v) is 18.8. The molecule has 0 amide bonds. The summed E-state index contributed by atoms with van der Waals surface area (Å²) in [6.45, 7) is 3.73. The monoisotopic (exact) mass is 453 g/mol. The fourth-order valence-electron chi connectivity index (χ4n) is 3.95. The normalized spacial score (nSPS) is 32.3. The molecule has 2 saturated heterocycles. The number of hydrogen-bond acceptors (Lipinski definition) is 9. The maximum atomic E-state index is 12.4. The van der Waals surface area contributed by atoms with E-state index in [1.165, 1.54) is 18.0 Å². The average Bonchev–Trinajstić information content (AvgIpc) is 3.51. The lowest BCUT2D eigenvalue weighted by atomic mass is 9.85. The van der Waals surface area contributed by atoms with Gasteiger partial charge in [-0.05, 0) is 25.3 Å². The van der Waals surface area contributed by atoms with Crippen molar-refractivity contribution in [3.63, 3.8) is 0 Å². The topological polar surface area (TPSA) is 129 Å². The molecule has 172 valence electrons. The summed E-state index contributed by atoms with van der Waals surface area (Å²) in [5.74, 6) is -1.23. The van der Waals surface area contributed by atoms with Gasteiger partial charge in [0.1, 0.15) is 11.9 Å². The first-order valence-corrected chi connectivity index (χ1v) is 11.8. The van der Waals surface area contributed by atoms with Gasteiger partial charge in [0.15, 0.2) is 5.78 Å². The van der Waals surface area contributed by atoms with Crippen molar-refractivity contribution in [2.75, 3.05) is 12.9 Å². The molecule has 8 nitrogen and oxygen atoms in total. The second kappa shape index (κ2) is 10.5. The Morgan fingerprint density at radius 1 is 1.23 bits per heavy atom. The molecule has 0 radical (unpaired) electrons. The van der Waals surface area contributed by atoms with Gasteiger partial charge in [0.05, 0.1) is 48.6 Å². The van der Waals surface area contributed by atoms with Crippen LogP contribution in [0.25, 0.3) is 0 Å². The van der Waals surface area contributed by atoms with Crippen LogP contribution in [0.5, 0.6) is 0 Å². The number of carbonyl (C=O) groups is 2. The molecule has 0 aliphatic carbocycles. The lowest BCUT2D eigenvalue weighted by Crippen LogP contribution is -2.51.